The molecule has 1 fully saturated rings. The molecule has 1 rings (SSSR count). The van der Waals surface area contributed by atoms with Gasteiger partial charge in [0.1, 0.15) is 0 Å². The van der Waals surface area contributed by atoms with Gasteiger partial charge in [-0.1, -0.05) is 39.0 Å². The van der Waals surface area contributed by atoms with E-state index in [-0.39, 0.29) is 18.4 Å². The molecule has 1 nitrogen and oxygen atoms in total. The lowest BCUT2D eigenvalue weighted by atomic mass is 9.76. The Morgan fingerprint density at radius 1 is 1.17 bits per heavy atom. The Morgan fingerprint density at radius 2 is 1.89 bits per heavy atom. The molecular weight excluding hydrogens is 239 g/mol. The van der Waals surface area contributed by atoms with Crippen LogP contribution in [0.3, 0.4) is 0 Å². The van der Waals surface area contributed by atoms with Crippen molar-refractivity contribution >= 4 is 0 Å². The highest BCUT2D eigenvalue weighted by Crippen LogP contribution is 2.41. The maximum absolute atomic E-state index is 12.7. The van der Waals surface area contributed by atoms with Gasteiger partial charge >= 0.3 is 6.18 Å². The molecule has 108 valence electrons. The standard InChI is InChI=1S/C14H26F3N/c1-2-3-4-5-9-13(18)11-7-6-8-12(10-11)14(15,16)17/h11-13H,2-10,18H2,1H3. The van der Waals surface area contributed by atoms with Crippen molar-refractivity contribution in [3.63, 3.8) is 0 Å². The predicted octanol–water partition coefficient (Wildman–Crippen LogP) is 4.65. The van der Waals surface area contributed by atoms with Gasteiger partial charge in [0.2, 0.25) is 0 Å². The minimum absolute atomic E-state index is 0.0352. The van der Waals surface area contributed by atoms with E-state index in [4.69, 9.17) is 5.73 Å². The highest BCUT2D eigenvalue weighted by molar-refractivity contribution is 4.83. The number of hydrogen-bond acceptors (Lipinski definition) is 1. The van der Waals surface area contributed by atoms with Crippen LogP contribution in [0.25, 0.3) is 0 Å². The van der Waals surface area contributed by atoms with Crippen LogP contribution in [0.2, 0.25) is 0 Å². The van der Waals surface area contributed by atoms with Gasteiger partial charge < -0.3 is 5.73 Å². The summed E-state index contributed by atoms with van der Waals surface area (Å²) in [5.74, 6) is -1.04. The van der Waals surface area contributed by atoms with Gasteiger partial charge in [-0.2, -0.15) is 13.2 Å². The van der Waals surface area contributed by atoms with Crippen molar-refractivity contribution < 1.29 is 13.2 Å². The van der Waals surface area contributed by atoms with E-state index in [9.17, 15) is 13.2 Å². The fraction of sp³-hybridized carbons (Fsp3) is 1.00. The Labute approximate surface area is 108 Å². The first kappa shape index (κ1) is 15.8. The Kier molecular flexibility index (Phi) is 6.47. The Balaban J connectivity index is 2.32. The lowest BCUT2D eigenvalue weighted by Gasteiger charge is -2.33. The van der Waals surface area contributed by atoms with Crippen LogP contribution in [0.15, 0.2) is 0 Å². The van der Waals surface area contributed by atoms with Gasteiger partial charge in [-0.05, 0) is 31.6 Å². The number of nitrogens with two attached hydrogens (primary N) is 1. The van der Waals surface area contributed by atoms with Crippen molar-refractivity contribution in [1.29, 1.82) is 0 Å². The number of unbranched alkanes of at least 4 members (excludes halogenated alkanes) is 3. The second-order valence-electron chi connectivity index (χ2n) is 5.68. The SMILES string of the molecule is CCCCCCC(N)C1CCCC(C(F)(F)F)C1. The summed E-state index contributed by atoms with van der Waals surface area (Å²) in [4.78, 5) is 0. The third-order valence-electron chi connectivity index (χ3n) is 4.17. The van der Waals surface area contributed by atoms with Crippen molar-refractivity contribution in [2.24, 2.45) is 17.6 Å². The Morgan fingerprint density at radius 3 is 2.50 bits per heavy atom. The molecule has 0 amide bonds. The molecule has 0 aromatic rings. The van der Waals surface area contributed by atoms with Gasteiger partial charge in [0.25, 0.3) is 0 Å². The van der Waals surface area contributed by atoms with Crippen molar-refractivity contribution in [1.82, 2.24) is 0 Å². The van der Waals surface area contributed by atoms with E-state index < -0.39 is 12.1 Å². The fourth-order valence-corrected chi connectivity index (χ4v) is 2.96. The zero-order chi connectivity index (χ0) is 13.6. The average Bonchev–Trinajstić information content (AvgIpc) is 2.33. The fourth-order valence-electron chi connectivity index (χ4n) is 2.96. The summed E-state index contributed by atoms with van der Waals surface area (Å²) in [6.45, 7) is 2.15. The number of hydrogen-bond donors (Lipinski definition) is 1. The first-order valence-electron chi connectivity index (χ1n) is 7.27. The molecule has 18 heavy (non-hydrogen) atoms. The van der Waals surface area contributed by atoms with Crippen molar-refractivity contribution in [3.05, 3.63) is 0 Å². The van der Waals surface area contributed by atoms with Crippen LogP contribution in [-0.2, 0) is 0 Å². The lowest BCUT2D eigenvalue weighted by Crippen LogP contribution is -2.37. The smallest absolute Gasteiger partial charge is 0.327 e. The van der Waals surface area contributed by atoms with Crippen LogP contribution in [0, 0.1) is 11.8 Å². The summed E-state index contributed by atoms with van der Waals surface area (Å²) in [7, 11) is 0. The number of alkyl halides is 3. The molecule has 3 unspecified atom stereocenters. The van der Waals surface area contributed by atoms with Gasteiger partial charge in [0.15, 0.2) is 0 Å². The summed E-state index contributed by atoms with van der Waals surface area (Å²) >= 11 is 0. The molecule has 0 aliphatic heterocycles. The molecule has 3 atom stereocenters. The third-order valence-corrected chi connectivity index (χ3v) is 4.17. The number of halogens is 3. The Hall–Kier alpha value is -0.250. The minimum atomic E-state index is -4.03. The van der Waals surface area contributed by atoms with E-state index >= 15 is 0 Å². The van der Waals surface area contributed by atoms with Crippen LogP contribution < -0.4 is 5.73 Å². The Bertz CT molecular complexity index is 228. The maximum Gasteiger partial charge on any atom is 0.391 e. The molecule has 4 heteroatoms. The molecule has 1 aliphatic carbocycles. The molecule has 0 saturated heterocycles. The molecule has 0 bridgehead atoms. The summed E-state index contributed by atoms with van der Waals surface area (Å²) in [5.41, 5.74) is 6.07. The zero-order valence-corrected chi connectivity index (χ0v) is 11.3. The predicted molar refractivity (Wildman–Crippen MR) is 68.2 cm³/mol. The van der Waals surface area contributed by atoms with E-state index in [0.717, 1.165) is 25.7 Å². The van der Waals surface area contributed by atoms with Crippen molar-refractivity contribution in [2.45, 2.75) is 76.9 Å². The summed E-state index contributed by atoms with van der Waals surface area (Å²) < 4.78 is 38.1. The second-order valence-corrected chi connectivity index (χ2v) is 5.68. The molecule has 1 aliphatic rings. The van der Waals surface area contributed by atoms with Gasteiger partial charge in [-0.15, -0.1) is 0 Å². The van der Waals surface area contributed by atoms with Gasteiger partial charge in [0, 0.05) is 6.04 Å². The summed E-state index contributed by atoms with van der Waals surface area (Å²) in [6, 6.07) is -0.0352. The molecule has 0 aromatic carbocycles. The molecular formula is C14H26F3N. The monoisotopic (exact) mass is 265 g/mol. The van der Waals surface area contributed by atoms with E-state index in [1.165, 1.54) is 12.8 Å². The number of rotatable bonds is 6. The molecule has 1 saturated carbocycles. The molecule has 0 aromatic heterocycles. The first-order valence-corrected chi connectivity index (χ1v) is 7.27. The van der Waals surface area contributed by atoms with Crippen LogP contribution >= 0.6 is 0 Å². The summed E-state index contributed by atoms with van der Waals surface area (Å²) in [6.07, 6.45) is 3.54. The van der Waals surface area contributed by atoms with Crippen LogP contribution in [0.4, 0.5) is 13.2 Å². The first-order chi connectivity index (χ1) is 8.45. The lowest BCUT2D eigenvalue weighted by molar-refractivity contribution is -0.186. The van der Waals surface area contributed by atoms with Crippen LogP contribution in [-0.4, -0.2) is 12.2 Å². The topological polar surface area (TPSA) is 26.0 Å². The van der Waals surface area contributed by atoms with E-state index in [1.54, 1.807) is 0 Å². The van der Waals surface area contributed by atoms with Crippen LogP contribution in [0.1, 0.15) is 64.7 Å². The van der Waals surface area contributed by atoms with E-state index in [1.807, 2.05) is 0 Å². The largest absolute Gasteiger partial charge is 0.391 e. The average molecular weight is 265 g/mol. The van der Waals surface area contributed by atoms with Gasteiger partial charge in [-0.3, -0.25) is 0 Å². The minimum Gasteiger partial charge on any atom is -0.327 e. The maximum atomic E-state index is 12.7. The third kappa shape index (κ3) is 5.17. The molecule has 0 spiro atoms. The quantitative estimate of drug-likeness (QED) is 0.695. The second kappa shape index (κ2) is 7.37. The van der Waals surface area contributed by atoms with Gasteiger partial charge in [-0.25, -0.2) is 0 Å². The zero-order valence-electron chi connectivity index (χ0n) is 11.3. The van der Waals surface area contributed by atoms with E-state index in [2.05, 4.69) is 6.92 Å². The highest BCUT2D eigenvalue weighted by Gasteiger charge is 2.42. The van der Waals surface area contributed by atoms with Crippen LogP contribution in [0.5, 0.6) is 0 Å². The van der Waals surface area contributed by atoms with Gasteiger partial charge in [0.05, 0.1) is 5.92 Å². The van der Waals surface area contributed by atoms with Crippen molar-refractivity contribution in [2.75, 3.05) is 0 Å². The van der Waals surface area contributed by atoms with Crippen molar-refractivity contribution in [3.8, 4) is 0 Å². The molecule has 2 N–H and O–H groups in total. The summed E-state index contributed by atoms with van der Waals surface area (Å²) in [5, 5.41) is 0. The normalized spacial score (nSPS) is 27.2. The highest BCUT2D eigenvalue weighted by atomic mass is 19.4. The van der Waals surface area contributed by atoms with E-state index in [0.29, 0.717) is 12.8 Å². The molecule has 0 radical (unpaired) electrons. The molecule has 0 heterocycles.